The van der Waals surface area contributed by atoms with Crippen molar-refractivity contribution in [2.75, 3.05) is 0 Å². The molecule has 0 aliphatic rings. The summed E-state index contributed by atoms with van der Waals surface area (Å²) in [5.41, 5.74) is -0.861. The number of halogens is 3. The van der Waals surface area contributed by atoms with Gasteiger partial charge in [-0.3, -0.25) is 19.6 Å². The lowest BCUT2D eigenvalue weighted by Gasteiger charge is -2.21. The van der Waals surface area contributed by atoms with Crippen molar-refractivity contribution in [1.29, 1.82) is 0 Å². The summed E-state index contributed by atoms with van der Waals surface area (Å²) >= 11 is 0. The van der Waals surface area contributed by atoms with Crippen molar-refractivity contribution < 1.29 is 23.1 Å². The van der Waals surface area contributed by atoms with Gasteiger partial charge < -0.3 is 15.4 Å². The van der Waals surface area contributed by atoms with Gasteiger partial charge in [-0.05, 0) is 43.2 Å². The van der Waals surface area contributed by atoms with E-state index in [-0.39, 0.29) is 28.9 Å². The fraction of sp³-hybridized carbons (Fsp3) is 0.167. The molecule has 0 aliphatic carbocycles. The maximum Gasteiger partial charge on any atom is 0.255 e. The first-order valence-electron chi connectivity index (χ1n) is 10.3. The van der Waals surface area contributed by atoms with Crippen LogP contribution in [0.25, 0.3) is 11.0 Å². The van der Waals surface area contributed by atoms with Gasteiger partial charge in [-0.1, -0.05) is 12.1 Å². The second-order valence-corrected chi connectivity index (χ2v) is 7.76. The summed E-state index contributed by atoms with van der Waals surface area (Å²) in [6.07, 6.45) is 2.07. The summed E-state index contributed by atoms with van der Waals surface area (Å²) in [7, 11) is 0. The SMILES string of the molecule is C[C@H](NC(=O)[C@H](Cc1ccc(O)cc1)c1c(F)c2ncccc2[nH]c1=O)c1ncc(F)cc1F. The van der Waals surface area contributed by atoms with Crippen molar-refractivity contribution in [1.82, 2.24) is 20.3 Å². The molecule has 0 fully saturated rings. The van der Waals surface area contributed by atoms with E-state index < -0.39 is 46.4 Å². The van der Waals surface area contributed by atoms with Gasteiger partial charge in [0.1, 0.15) is 22.9 Å². The van der Waals surface area contributed by atoms with Gasteiger partial charge in [-0.2, -0.15) is 0 Å². The molecule has 4 aromatic rings. The van der Waals surface area contributed by atoms with Crippen LogP contribution in [0.1, 0.15) is 35.7 Å². The zero-order valence-electron chi connectivity index (χ0n) is 17.8. The molecule has 2 atom stereocenters. The van der Waals surface area contributed by atoms with Crippen LogP contribution in [0.5, 0.6) is 5.75 Å². The van der Waals surface area contributed by atoms with Gasteiger partial charge >= 0.3 is 0 Å². The van der Waals surface area contributed by atoms with Crippen molar-refractivity contribution in [3.63, 3.8) is 0 Å². The number of pyridine rings is 3. The number of aromatic nitrogens is 3. The Kier molecular flexibility index (Phi) is 6.31. The maximum absolute atomic E-state index is 15.5. The minimum Gasteiger partial charge on any atom is -0.508 e. The third kappa shape index (κ3) is 4.61. The molecule has 0 spiro atoms. The number of H-pyrrole nitrogens is 1. The van der Waals surface area contributed by atoms with E-state index in [4.69, 9.17) is 0 Å². The van der Waals surface area contributed by atoms with Crippen LogP contribution in [-0.2, 0) is 11.2 Å². The number of nitrogens with zero attached hydrogens (tertiary/aromatic N) is 2. The molecule has 0 radical (unpaired) electrons. The molecule has 10 heteroatoms. The summed E-state index contributed by atoms with van der Waals surface area (Å²) in [4.78, 5) is 36.3. The molecule has 1 aromatic carbocycles. The third-order valence-corrected chi connectivity index (χ3v) is 5.39. The molecule has 174 valence electrons. The number of carbonyl (C=O) groups excluding carboxylic acids is 1. The Labute approximate surface area is 191 Å². The number of hydrogen-bond acceptors (Lipinski definition) is 5. The van der Waals surface area contributed by atoms with E-state index in [9.17, 15) is 23.5 Å². The molecule has 3 heterocycles. The number of carbonyl (C=O) groups is 1. The number of rotatable bonds is 6. The van der Waals surface area contributed by atoms with E-state index in [1.54, 1.807) is 0 Å². The van der Waals surface area contributed by atoms with Crippen molar-refractivity contribution in [2.45, 2.75) is 25.3 Å². The van der Waals surface area contributed by atoms with E-state index in [2.05, 4.69) is 20.3 Å². The Hall–Kier alpha value is -4.21. The van der Waals surface area contributed by atoms with E-state index in [1.165, 1.54) is 49.5 Å². The van der Waals surface area contributed by atoms with Crippen LogP contribution in [0.4, 0.5) is 13.2 Å². The number of fused-ring (bicyclic) bond motifs is 1. The molecule has 0 aliphatic heterocycles. The lowest BCUT2D eigenvalue weighted by molar-refractivity contribution is -0.123. The monoisotopic (exact) mass is 468 g/mol. The third-order valence-electron chi connectivity index (χ3n) is 5.39. The van der Waals surface area contributed by atoms with Crippen LogP contribution in [0.15, 0.2) is 59.7 Å². The van der Waals surface area contributed by atoms with Crippen LogP contribution < -0.4 is 10.9 Å². The Morgan fingerprint density at radius 3 is 2.59 bits per heavy atom. The Morgan fingerprint density at radius 2 is 1.88 bits per heavy atom. The molecule has 7 nitrogen and oxygen atoms in total. The van der Waals surface area contributed by atoms with E-state index >= 15 is 4.39 Å². The molecule has 0 saturated heterocycles. The average Bonchev–Trinajstić information content (AvgIpc) is 2.79. The number of aromatic amines is 1. The van der Waals surface area contributed by atoms with Gasteiger partial charge in [0.2, 0.25) is 5.91 Å². The topological polar surface area (TPSA) is 108 Å². The number of nitrogens with one attached hydrogen (secondary N) is 2. The van der Waals surface area contributed by atoms with Crippen molar-refractivity contribution >= 4 is 16.9 Å². The number of phenolic OH excluding ortho intramolecular Hbond substituents is 1. The second-order valence-electron chi connectivity index (χ2n) is 7.76. The first kappa shape index (κ1) is 23.0. The molecule has 0 saturated carbocycles. The van der Waals surface area contributed by atoms with Gasteiger partial charge in [0.15, 0.2) is 5.82 Å². The van der Waals surface area contributed by atoms with E-state index in [0.29, 0.717) is 11.6 Å². The first-order valence-corrected chi connectivity index (χ1v) is 10.3. The fourth-order valence-corrected chi connectivity index (χ4v) is 3.73. The van der Waals surface area contributed by atoms with Crippen LogP contribution in [0.2, 0.25) is 0 Å². The molecule has 34 heavy (non-hydrogen) atoms. The molecule has 3 N–H and O–H groups in total. The van der Waals surface area contributed by atoms with Crippen molar-refractivity contribution in [2.24, 2.45) is 0 Å². The van der Waals surface area contributed by atoms with E-state index in [0.717, 1.165) is 6.20 Å². The van der Waals surface area contributed by atoms with E-state index in [1.807, 2.05) is 0 Å². The summed E-state index contributed by atoms with van der Waals surface area (Å²) in [5.74, 6) is -4.88. The van der Waals surface area contributed by atoms with Gasteiger partial charge in [-0.25, -0.2) is 13.2 Å². The highest BCUT2D eigenvalue weighted by Gasteiger charge is 2.30. The summed E-state index contributed by atoms with van der Waals surface area (Å²) in [5, 5.41) is 12.1. The fourth-order valence-electron chi connectivity index (χ4n) is 3.73. The lowest BCUT2D eigenvalue weighted by Crippen LogP contribution is -2.36. The summed E-state index contributed by atoms with van der Waals surface area (Å²) in [6.45, 7) is 1.43. The number of benzene rings is 1. The standard InChI is InChI=1S/C24H19F3N4O3/c1-12(21-17(26)10-14(25)11-29-21)30-23(33)16(9-13-4-6-15(32)7-5-13)19-20(27)22-18(31-24(19)34)3-2-8-28-22/h2-8,10-12,16,32H,9H2,1H3,(H,30,33)(H,31,34)/t12-,16+/m0/s1. The summed E-state index contributed by atoms with van der Waals surface area (Å²) in [6, 6.07) is 8.51. The zero-order valence-corrected chi connectivity index (χ0v) is 17.8. The smallest absolute Gasteiger partial charge is 0.255 e. The minimum atomic E-state index is -1.33. The highest BCUT2D eigenvalue weighted by Crippen LogP contribution is 2.26. The number of aromatic hydroxyl groups is 1. The first-order chi connectivity index (χ1) is 16.2. The lowest BCUT2D eigenvalue weighted by atomic mass is 9.90. The molecular weight excluding hydrogens is 449 g/mol. The predicted octanol–water partition coefficient (Wildman–Crippen LogP) is 3.64. The maximum atomic E-state index is 15.5. The highest BCUT2D eigenvalue weighted by atomic mass is 19.1. The number of amides is 1. The Balaban J connectivity index is 1.75. The van der Waals surface area contributed by atoms with Crippen LogP contribution in [0.3, 0.4) is 0 Å². The Morgan fingerprint density at radius 1 is 1.15 bits per heavy atom. The predicted molar refractivity (Wildman–Crippen MR) is 118 cm³/mol. The molecule has 0 unspecified atom stereocenters. The Bertz CT molecular complexity index is 1420. The molecular formula is C24H19F3N4O3. The highest BCUT2D eigenvalue weighted by molar-refractivity contribution is 5.86. The van der Waals surface area contributed by atoms with Gasteiger partial charge in [-0.15, -0.1) is 0 Å². The number of phenols is 1. The zero-order chi connectivity index (χ0) is 24.4. The van der Waals surface area contributed by atoms with Crippen molar-refractivity contribution in [3.05, 3.63) is 99.5 Å². The average molecular weight is 468 g/mol. The minimum absolute atomic E-state index is 0.00448. The van der Waals surface area contributed by atoms with Gasteiger partial charge in [0.05, 0.1) is 34.9 Å². The van der Waals surface area contributed by atoms with Crippen LogP contribution in [0, 0.1) is 17.5 Å². The van der Waals surface area contributed by atoms with Crippen LogP contribution in [-0.4, -0.2) is 26.0 Å². The molecule has 3 aromatic heterocycles. The van der Waals surface area contributed by atoms with Gasteiger partial charge in [0.25, 0.3) is 5.56 Å². The van der Waals surface area contributed by atoms with Gasteiger partial charge in [0, 0.05) is 12.3 Å². The molecule has 4 rings (SSSR count). The second kappa shape index (κ2) is 9.34. The van der Waals surface area contributed by atoms with Crippen molar-refractivity contribution in [3.8, 4) is 5.75 Å². The molecule has 1 amide bonds. The largest absolute Gasteiger partial charge is 0.508 e. The molecule has 0 bridgehead atoms. The summed E-state index contributed by atoms with van der Waals surface area (Å²) < 4.78 is 42.8. The quantitative estimate of drug-likeness (QED) is 0.401. The normalized spacial score (nSPS) is 12.9. The van der Waals surface area contributed by atoms with Crippen LogP contribution >= 0.6 is 0 Å². The number of hydrogen-bond donors (Lipinski definition) is 3.